The number of carbonyl (C=O) groups is 1. The fraction of sp³-hybridized carbons (Fsp3) is 0.562. The number of amides is 1. The van der Waals surface area contributed by atoms with Gasteiger partial charge in [0.15, 0.2) is 0 Å². The first-order valence-corrected chi connectivity index (χ1v) is 7.13. The summed E-state index contributed by atoms with van der Waals surface area (Å²) in [5.74, 6) is 1.11. The average molecular weight is 243 g/mol. The van der Waals surface area contributed by atoms with Gasteiger partial charge in [0.2, 0.25) is 5.91 Å². The van der Waals surface area contributed by atoms with Crippen LogP contribution in [0.3, 0.4) is 0 Å². The van der Waals surface area contributed by atoms with Crippen LogP contribution in [0.15, 0.2) is 30.3 Å². The van der Waals surface area contributed by atoms with Crippen LogP contribution in [0.25, 0.3) is 0 Å². The Morgan fingerprint density at radius 2 is 1.94 bits per heavy atom. The molecule has 2 heteroatoms. The van der Waals surface area contributed by atoms with Crippen molar-refractivity contribution in [2.24, 2.45) is 5.92 Å². The van der Waals surface area contributed by atoms with Gasteiger partial charge in [0.05, 0.1) is 0 Å². The van der Waals surface area contributed by atoms with Crippen LogP contribution in [0, 0.1) is 5.92 Å². The van der Waals surface area contributed by atoms with Gasteiger partial charge < -0.3 is 4.90 Å². The Kier molecular flexibility index (Phi) is 3.11. The molecule has 2 saturated heterocycles. The summed E-state index contributed by atoms with van der Waals surface area (Å²) in [6.07, 6.45) is 4.64. The van der Waals surface area contributed by atoms with Crippen LogP contribution in [0.5, 0.6) is 0 Å². The van der Waals surface area contributed by atoms with Gasteiger partial charge >= 0.3 is 0 Å². The number of hydrogen-bond acceptors (Lipinski definition) is 1. The summed E-state index contributed by atoms with van der Waals surface area (Å²) in [7, 11) is 0. The van der Waals surface area contributed by atoms with Gasteiger partial charge in [0.25, 0.3) is 0 Å². The summed E-state index contributed by atoms with van der Waals surface area (Å²) in [5, 5.41) is 0. The minimum absolute atomic E-state index is 0.185. The molecular formula is C16H21NO. The topological polar surface area (TPSA) is 20.3 Å². The summed E-state index contributed by atoms with van der Waals surface area (Å²) >= 11 is 0. The quantitative estimate of drug-likeness (QED) is 0.741. The molecule has 2 aliphatic heterocycles. The van der Waals surface area contributed by atoms with Crippen molar-refractivity contribution in [1.29, 1.82) is 0 Å². The number of nitrogens with zero attached hydrogens (tertiary/aromatic N) is 1. The molecule has 2 nitrogen and oxygen atoms in total. The van der Waals surface area contributed by atoms with E-state index in [9.17, 15) is 4.79 Å². The number of hydrogen-bond donors (Lipinski definition) is 0. The van der Waals surface area contributed by atoms with Crippen LogP contribution in [0.4, 0.5) is 0 Å². The van der Waals surface area contributed by atoms with E-state index in [2.05, 4.69) is 42.2 Å². The Morgan fingerprint density at radius 1 is 1.17 bits per heavy atom. The molecular weight excluding hydrogens is 222 g/mol. The first-order chi connectivity index (χ1) is 8.77. The average Bonchev–Trinajstić information content (AvgIpc) is 2.44. The van der Waals surface area contributed by atoms with Gasteiger partial charge in [-0.3, -0.25) is 4.79 Å². The van der Waals surface area contributed by atoms with Crippen LogP contribution >= 0.6 is 0 Å². The van der Waals surface area contributed by atoms with Crippen LogP contribution in [0.2, 0.25) is 0 Å². The van der Waals surface area contributed by atoms with Gasteiger partial charge in [0, 0.05) is 24.4 Å². The zero-order valence-corrected chi connectivity index (χ0v) is 11.0. The largest absolute Gasteiger partial charge is 0.339 e. The van der Waals surface area contributed by atoms with Crippen molar-refractivity contribution in [3.05, 3.63) is 35.9 Å². The van der Waals surface area contributed by atoms with Gasteiger partial charge in [-0.25, -0.2) is 0 Å². The summed E-state index contributed by atoms with van der Waals surface area (Å²) in [6, 6.07) is 11.2. The summed E-state index contributed by atoms with van der Waals surface area (Å²) in [4.78, 5) is 14.4. The summed E-state index contributed by atoms with van der Waals surface area (Å²) in [6.45, 7) is 3.06. The van der Waals surface area contributed by atoms with E-state index >= 15 is 0 Å². The van der Waals surface area contributed by atoms with E-state index in [0.29, 0.717) is 17.9 Å². The highest BCUT2D eigenvalue weighted by Gasteiger charge is 2.41. The van der Waals surface area contributed by atoms with Gasteiger partial charge in [0.1, 0.15) is 0 Å². The third-order valence-electron chi connectivity index (χ3n) is 4.55. The van der Waals surface area contributed by atoms with E-state index in [-0.39, 0.29) is 5.92 Å². The maximum absolute atomic E-state index is 12.3. The standard InChI is InChI=1S/C16H21NO/c1-12-11-14(13-7-3-2-4-8-13)15-9-5-6-10-17(15)16(12)18/h2-4,7-8,12,14-15H,5-6,9-11H2,1H3/t12-,14+,15+/m0/s1. The Morgan fingerprint density at radius 3 is 2.72 bits per heavy atom. The predicted molar refractivity (Wildman–Crippen MR) is 72.3 cm³/mol. The summed E-state index contributed by atoms with van der Waals surface area (Å²) in [5.41, 5.74) is 1.41. The molecule has 0 aliphatic carbocycles. The monoisotopic (exact) mass is 243 g/mol. The smallest absolute Gasteiger partial charge is 0.225 e. The second-order valence-corrected chi connectivity index (χ2v) is 5.75. The molecule has 0 saturated carbocycles. The predicted octanol–water partition coefficient (Wildman–Crippen LogP) is 3.19. The SMILES string of the molecule is C[C@H]1C[C@H](c2ccccc2)[C@H]2CCCCN2C1=O. The number of rotatable bonds is 1. The van der Waals surface area contributed by atoms with Gasteiger partial charge in [-0.2, -0.15) is 0 Å². The zero-order chi connectivity index (χ0) is 12.5. The molecule has 0 unspecified atom stereocenters. The molecule has 18 heavy (non-hydrogen) atoms. The van der Waals surface area contributed by atoms with Crippen molar-refractivity contribution in [2.75, 3.05) is 6.54 Å². The van der Waals surface area contributed by atoms with Crippen molar-refractivity contribution >= 4 is 5.91 Å². The molecule has 96 valence electrons. The molecule has 0 bridgehead atoms. The van der Waals surface area contributed by atoms with Crippen LogP contribution in [0.1, 0.15) is 44.1 Å². The highest BCUT2D eigenvalue weighted by atomic mass is 16.2. The molecule has 0 spiro atoms. The molecule has 3 atom stereocenters. The van der Waals surface area contributed by atoms with Gasteiger partial charge in [-0.15, -0.1) is 0 Å². The summed E-state index contributed by atoms with van der Waals surface area (Å²) < 4.78 is 0. The molecule has 1 aromatic rings. The van der Waals surface area contributed by atoms with E-state index < -0.39 is 0 Å². The molecule has 2 aliphatic rings. The fourth-order valence-corrected chi connectivity index (χ4v) is 3.63. The maximum Gasteiger partial charge on any atom is 0.225 e. The number of carbonyl (C=O) groups excluding carboxylic acids is 1. The van der Waals surface area contributed by atoms with Crippen molar-refractivity contribution in [3.63, 3.8) is 0 Å². The molecule has 1 amide bonds. The second-order valence-electron chi connectivity index (χ2n) is 5.75. The van der Waals surface area contributed by atoms with Crippen molar-refractivity contribution < 1.29 is 4.79 Å². The number of fused-ring (bicyclic) bond motifs is 1. The van der Waals surface area contributed by atoms with Crippen LogP contribution < -0.4 is 0 Å². The Hall–Kier alpha value is -1.31. The fourth-order valence-electron chi connectivity index (χ4n) is 3.63. The molecule has 2 fully saturated rings. The lowest BCUT2D eigenvalue weighted by Gasteiger charge is -2.46. The Labute approximate surface area is 109 Å². The van der Waals surface area contributed by atoms with Crippen molar-refractivity contribution in [2.45, 2.75) is 44.6 Å². The maximum atomic E-state index is 12.3. The minimum Gasteiger partial charge on any atom is -0.339 e. The minimum atomic E-state index is 0.185. The molecule has 2 heterocycles. The number of piperidine rings is 2. The van der Waals surface area contributed by atoms with Gasteiger partial charge in [-0.1, -0.05) is 37.3 Å². The molecule has 0 N–H and O–H groups in total. The molecule has 0 radical (unpaired) electrons. The first kappa shape index (κ1) is 11.8. The Balaban J connectivity index is 1.91. The highest BCUT2D eigenvalue weighted by Crippen LogP contribution is 2.39. The number of benzene rings is 1. The molecule has 3 rings (SSSR count). The van der Waals surface area contributed by atoms with E-state index in [0.717, 1.165) is 13.0 Å². The van der Waals surface area contributed by atoms with Crippen LogP contribution in [-0.2, 0) is 4.79 Å². The van der Waals surface area contributed by atoms with E-state index in [4.69, 9.17) is 0 Å². The zero-order valence-electron chi connectivity index (χ0n) is 11.0. The molecule has 1 aromatic carbocycles. The van der Waals surface area contributed by atoms with E-state index in [1.807, 2.05) is 0 Å². The highest BCUT2D eigenvalue weighted by molar-refractivity contribution is 5.80. The van der Waals surface area contributed by atoms with Crippen molar-refractivity contribution in [3.8, 4) is 0 Å². The lowest BCUT2D eigenvalue weighted by atomic mass is 9.76. The third-order valence-corrected chi connectivity index (χ3v) is 4.55. The third kappa shape index (κ3) is 1.94. The van der Waals surface area contributed by atoms with E-state index in [1.54, 1.807) is 0 Å². The van der Waals surface area contributed by atoms with Gasteiger partial charge in [-0.05, 0) is 31.2 Å². The van der Waals surface area contributed by atoms with E-state index in [1.165, 1.54) is 24.8 Å². The lowest BCUT2D eigenvalue weighted by Crippen LogP contribution is -2.53. The normalized spacial score (nSPS) is 32.2. The lowest BCUT2D eigenvalue weighted by molar-refractivity contribution is -0.143. The second kappa shape index (κ2) is 4.75. The van der Waals surface area contributed by atoms with Crippen LogP contribution in [-0.4, -0.2) is 23.4 Å². The Bertz CT molecular complexity index is 428. The molecule has 0 aromatic heterocycles. The first-order valence-electron chi connectivity index (χ1n) is 7.13. The van der Waals surface area contributed by atoms with Crippen molar-refractivity contribution in [1.82, 2.24) is 4.90 Å².